The summed E-state index contributed by atoms with van der Waals surface area (Å²) in [5.74, 6) is 1.08. The Kier molecular flexibility index (Phi) is 4.63. The van der Waals surface area contributed by atoms with E-state index in [1.165, 1.54) is 21.3 Å². The zero-order valence-electron chi connectivity index (χ0n) is 10.4. The molecule has 0 aromatic rings. The monoisotopic (exact) mass is 240 g/mol. The topological polar surface area (TPSA) is 54.0 Å². The van der Waals surface area contributed by atoms with Crippen LogP contribution in [-0.2, 0) is 23.7 Å². The Hall–Kier alpha value is -1.91. The molecule has 94 valence electrons. The zero-order valence-corrected chi connectivity index (χ0v) is 10.4. The average molecular weight is 240 g/mol. The van der Waals surface area contributed by atoms with Gasteiger partial charge in [-0.2, -0.15) is 0 Å². The van der Waals surface area contributed by atoms with Crippen molar-refractivity contribution in [1.29, 1.82) is 0 Å². The van der Waals surface area contributed by atoms with Gasteiger partial charge in [0.05, 0.1) is 34.0 Å². The molecule has 0 amide bonds. The summed E-state index contributed by atoms with van der Waals surface area (Å²) in [6, 6.07) is 0. The van der Waals surface area contributed by atoms with Crippen molar-refractivity contribution in [3.05, 3.63) is 35.0 Å². The van der Waals surface area contributed by atoms with Crippen LogP contribution < -0.4 is 0 Å². The van der Waals surface area contributed by atoms with Crippen LogP contribution >= 0.6 is 0 Å². The summed E-state index contributed by atoms with van der Waals surface area (Å²) in [6.45, 7) is 0. The second-order valence-electron chi connectivity index (χ2n) is 3.23. The van der Waals surface area contributed by atoms with E-state index in [4.69, 9.17) is 14.2 Å². The number of allylic oxidation sites excluding steroid dienone is 1. The first-order valence-electron chi connectivity index (χ1n) is 5.03. The fraction of sp³-hybridized carbons (Fsp3) is 0.417. The first-order chi connectivity index (χ1) is 8.17. The van der Waals surface area contributed by atoms with Crippen LogP contribution in [0.1, 0.15) is 6.42 Å². The lowest BCUT2D eigenvalue weighted by Gasteiger charge is -2.12. The molecular formula is C12H16O5. The second-order valence-corrected chi connectivity index (χ2v) is 3.23. The number of carbonyl (C=O) groups excluding carboxylic acids is 1. The minimum atomic E-state index is -0.424. The summed E-state index contributed by atoms with van der Waals surface area (Å²) in [5, 5.41) is 0. The molecular weight excluding hydrogens is 224 g/mol. The van der Waals surface area contributed by atoms with Gasteiger partial charge in [0.2, 0.25) is 0 Å². The van der Waals surface area contributed by atoms with Crippen LogP contribution in [0.15, 0.2) is 35.0 Å². The Morgan fingerprint density at radius 3 is 2.29 bits per heavy atom. The van der Waals surface area contributed by atoms with E-state index in [0.29, 0.717) is 29.3 Å². The molecule has 0 heterocycles. The lowest BCUT2D eigenvalue weighted by molar-refractivity contribution is -0.135. The Labute approximate surface area is 100 Å². The SMILES string of the molecule is COC(=O)C1=CCC(OC)=C(OC)C(OC)=C1. The molecule has 0 unspecified atom stereocenters. The molecule has 0 aliphatic heterocycles. The van der Waals surface area contributed by atoms with Crippen LogP contribution in [0.4, 0.5) is 0 Å². The molecule has 0 radical (unpaired) electrons. The van der Waals surface area contributed by atoms with E-state index in [-0.39, 0.29) is 0 Å². The summed E-state index contributed by atoms with van der Waals surface area (Å²) >= 11 is 0. The van der Waals surface area contributed by atoms with E-state index in [1.807, 2.05) is 0 Å². The molecule has 0 saturated heterocycles. The van der Waals surface area contributed by atoms with Gasteiger partial charge in [0.1, 0.15) is 5.76 Å². The molecule has 1 aliphatic carbocycles. The minimum Gasteiger partial charge on any atom is -0.497 e. The maximum Gasteiger partial charge on any atom is 0.337 e. The van der Waals surface area contributed by atoms with Gasteiger partial charge in [0, 0.05) is 6.42 Å². The van der Waals surface area contributed by atoms with E-state index >= 15 is 0 Å². The molecule has 5 nitrogen and oxygen atoms in total. The van der Waals surface area contributed by atoms with Gasteiger partial charge < -0.3 is 18.9 Å². The van der Waals surface area contributed by atoms with E-state index in [2.05, 4.69) is 4.74 Å². The van der Waals surface area contributed by atoms with Crippen LogP contribution in [0.2, 0.25) is 0 Å². The van der Waals surface area contributed by atoms with Gasteiger partial charge >= 0.3 is 5.97 Å². The number of ether oxygens (including phenoxy) is 4. The highest BCUT2D eigenvalue weighted by molar-refractivity contribution is 5.91. The Bertz CT molecular complexity index is 390. The van der Waals surface area contributed by atoms with Crippen molar-refractivity contribution in [3.8, 4) is 0 Å². The number of hydrogen-bond acceptors (Lipinski definition) is 5. The quantitative estimate of drug-likeness (QED) is 0.697. The van der Waals surface area contributed by atoms with Crippen molar-refractivity contribution in [2.75, 3.05) is 28.4 Å². The molecule has 0 aromatic carbocycles. The number of methoxy groups -OCH3 is 4. The van der Waals surface area contributed by atoms with Crippen molar-refractivity contribution in [3.63, 3.8) is 0 Å². The van der Waals surface area contributed by atoms with Crippen molar-refractivity contribution in [1.82, 2.24) is 0 Å². The van der Waals surface area contributed by atoms with Gasteiger partial charge in [-0.15, -0.1) is 0 Å². The Morgan fingerprint density at radius 2 is 1.82 bits per heavy atom. The molecule has 0 saturated carbocycles. The highest BCUT2D eigenvalue weighted by atomic mass is 16.5. The van der Waals surface area contributed by atoms with E-state index in [0.717, 1.165) is 0 Å². The van der Waals surface area contributed by atoms with Gasteiger partial charge in [-0.1, -0.05) is 6.08 Å². The van der Waals surface area contributed by atoms with Gasteiger partial charge in [-0.25, -0.2) is 4.79 Å². The molecule has 0 aromatic heterocycles. The normalized spacial score (nSPS) is 15.5. The summed E-state index contributed by atoms with van der Waals surface area (Å²) < 4.78 is 20.3. The maximum atomic E-state index is 11.5. The molecule has 5 heteroatoms. The van der Waals surface area contributed by atoms with Crippen molar-refractivity contribution in [2.24, 2.45) is 0 Å². The highest BCUT2D eigenvalue weighted by Crippen LogP contribution is 2.25. The molecule has 17 heavy (non-hydrogen) atoms. The van der Waals surface area contributed by atoms with E-state index in [1.54, 1.807) is 19.3 Å². The van der Waals surface area contributed by atoms with E-state index in [9.17, 15) is 4.79 Å². The van der Waals surface area contributed by atoms with Crippen LogP contribution in [0, 0.1) is 0 Å². The minimum absolute atomic E-state index is 0.408. The van der Waals surface area contributed by atoms with Crippen molar-refractivity contribution >= 4 is 5.97 Å². The fourth-order valence-electron chi connectivity index (χ4n) is 1.50. The van der Waals surface area contributed by atoms with Crippen LogP contribution in [-0.4, -0.2) is 34.4 Å². The molecule has 0 fully saturated rings. The molecule has 0 spiro atoms. The summed E-state index contributed by atoms with van der Waals surface area (Å²) in [6.07, 6.45) is 3.71. The zero-order chi connectivity index (χ0) is 12.8. The predicted molar refractivity (Wildman–Crippen MR) is 60.9 cm³/mol. The molecule has 1 rings (SSSR count). The lowest BCUT2D eigenvalue weighted by Crippen LogP contribution is -2.04. The predicted octanol–water partition coefficient (Wildman–Crippen LogP) is 1.52. The molecule has 0 bridgehead atoms. The standard InChI is InChI=1S/C12H16O5/c1-14-9-6-5-8(12(13)17-4)7-10(15-2)11(9)16-3/h5,7H,6H2,1-4H3. The van der Waals surface area contributed by atoms with Crippen molar-refractivity contribution in [2.45, 2.75) is 6.42 Å². The third kappa shape index (κ3) is 2.81. The smallest absolute Gasteiger partial charge is 0.337 e. The Balaban J connectivity index is 3.17. The Morgan fingerprint density at radius 1 is 1.12 bits per heavy atom. The molecule has 0 N–H and O–H groups in total. The number of hydrogen-bond donors (Lipinski definition) is 0. The number of rotatable bonds is 4. The number of carbonyl (C=O) groups is 1. The highest BCUT2D eigenvalue weighted by Gasteiger charge is 2.20. The maximum absolute atomic E-state index is 11.5. The molecule has 1 aliphatic rings. The average Bonchev–Trinajstić information content (AvgIpc) is 2.55. The lowest BCUT2D eigenvalue weighted by atomic mass is 10.2. The summed E-state index contributed by atoms with van der Waals surface area (Å²) in [7, 11) is 5.89. The second kappa shape index (κ2) is 5.98. The van der Waals surface area contributed by atoms with Crippen LogP contribution in [0.3, 0.4) is 0 Å². The number of esters is 1. The third-order valence-electron chi connectivity index (χ3n) is 2.36. The van der Waals surface area contributed by atoms with E-state index < -0.39 is 5.97 Å². The largest absolute Gasteiger partial charge is 0.497 e. The summed E-state index contributed by atoms with van der Waals surface area (Å²) in [4.78, 5) is 11.5. The van der Waals surface area contributed by atoms with Crippen molar-refractivity contribution < 1.29 is 23.7 Å². The van der Waals surface area contributed by atoms with Gasteiger partial charge in [-0.3, -0.25) is 0 Å². The first kappa shape index (κ1) is 13.2. The van der Waals surface area contributed by atoms with Crippen LogP contribution in [0.5, 0.6) is 0 Å². The van der Waals surface area contributed by atoms with Gasteiger partial charge in [0.15, 0.2) is 11.5 Å². The first-order valence-corrected chi connectivity index (χ1v) is 5.03. The molecule has 0 atom stereocenters. The third-order valence-corrected chi connectivity index (χ3v) is 2.36. The van der Waals surface area contributed by atoms with Crippen LogP contribution in [0.25, 0.3) is 0 Å². The van der Waals surface area contributed by atoms with Gasteiger partial charge in [-0.05, 0) is 6.08 Å². The van der Waals surface area contributed by atoms with Gasteiger partial charge in [0.25, 0.3) is 0 Å². The fourth-order valence-corrected chi connectivity index (χ4v) is 1.50. The summed E-state index contributed by atoms with van der Waals surface area (Å²) in [5.41, 5.74) is 0.408.